The van der Waals surface area contributed by atoms with Crippen molar-refractivity contribution in [2.75, 3.05) is 11.5 Å². The van der Waals surface area contributed by atoms with Crippen molar-refractivity contribution in [1.29, 1.82) is 0 Å². The standard InChI is InChI=1S/C34H40F16N2/c1-9-11-17-13-19(15-21(23(17)51)25(3,4)5)27(35,36)29(39,40)31(43,44)33(47,48)34(49,50)32(45,46)30(41,42)28(37,38)20-14-18(12-10-2)24(52)22(16-20)26(6,7)8/h13-16H,9-12,51-52H2,1-8H3. The Balaban J connectivity index is 2.85. The van der Waals surface area contributed by atoms with Gasteiger partial charge in [-0.1, -0.05) is 68.2 Å². The van der Waals surface area contributed by atoms with Gasteiger partial charge in [0.2, 0.25) is 0 Å². The third-order valence-electron chi connectivity index (χ3n) is 8.67. The van der Waals surface area contributed by atoms with Gasteiger partial charge in [-0.3, -0.25) is 0 Å². The fraction of sp³-hybridized carbons (Fsp3) is 0.647. The molecule has 2 rings (SSSR count). The van der Waals surface area contributed by atoms with Crippen LogP contribution in [0.15, 0.2) is 24.3 Å². The molecule has 0 fully saturated rings. The van der Waals surface area contributed by atoms with Crippen LogP contribution < -0.4 is 11.5 Å². The van der Waals surface area contributed by atoms with Crippen LogP contribution in [0.1, 0.15) is 102 Å². The van der Waals surface area contributed by atoms with E-state index in [0.29, 0.717) is 0 Å². The summed E-state index contributed by atoms with van der Waals surface area (Å²) in [6.45, 7) is 10.6. The second-order valence-electron chi connectivity index (χ2n) is 14.8. The van der Waals surface area contributed by atoms with Gasteiger partial charge in [-0.05, 0) is 70.2 Å². The molecule has 0 heterocycles. The quantitative estimate of drug-likeness (QED) is 0.157. The minimum Gasteiger partial charge on any atom is -0.398 e. The van der Waals surface area contributed by atoms with E-state index < -0.39 is 91.6 Å². The molecule has 0 saturated heterocycles. The number of hydrogen-bond donors (Lipinski definition) is 2. The molecule has 18 heteroatoms. The molecule has 2 aromatic carbocycles. The molecule has 0 aliphatic rings. The van der Waals surface area contributed by atoms with Gasteiger partial charge >= 0.3 is 47.4 Å². The lowest BCUT2D eigenvalue weighted by Gasteiger charge is -2.44. The molecule has 0 unspecified atom stereocenters. The maximum Gasteiger partial charge on any atom is 0.385 e. The van der Waals surface area contributed by atoms with Crippen LogP contribution in [0, 0.1) is 0 Å². The number of rotatable bonds is 13. The normalized spacial score (nSPS) is 15.0. The zero-order chi connectivity index (χ0) is 41.3. The highest BCUT2D eigenvalue weighted by molar-refractivity contribution is 5.60. The Hall–Kier alpha value is -3.08. The van der Waals surface area contributed by atoms with Crippen LogP contribution in [0.5, 0.6) is 0 Å². The molecular formula is C34H40F16N2. The Bertz CT molecular complexity index is 1500. The van der Waals surface area contributed by atoms with Crippen LogP contribution in [-0.2, 0) is 35.5 Å². The Morgan fingerprint density at radius 2 is 0.635 bits per heavy atom. The highest BCUT2D eigenvalue weighted by atomic mass is 19.4. The SMILES string of the molecule is CCCc1cc(C(F)(F)C(F)(F)C(F)(F)C(F)(F)C(F)(F)C(F)(F)C(F)(F)C(F)(F)c2cc(CCC)c(N)c(C(C)(C)C)c2)cc(C(C)(C)C)c1N. The van der Waals surface area contributed by atoms with E-state index in [0.717, 1.165) is 0 Å². The van der Waals surface area contributed by atoms with Gasteiger partial charge in [0.25, 0.3) is 0 Å². The molecule has 0 aliphatic heterocycles. The Labute approximate surface area is 290 Å². The van der Waals surface area contributed by atoms with Crippen molar-refractivity contribution in [2.45, 2.75) is 139 Å². The van der Waals surface area contributed by atoms with Crippen molar-refractivity contribution in [3.8, 4) is 0 Å². The second kappa shape index (κ2) is 13.3. The third-order valence-corrected chi connectivity index (χ3v) is 8.67. The van der Waals surface area contributed by atoms with E-state index in [1.54, 1.807) is 0 Å². The molecule has 4 N–H and O–H groups in total. The van der Waals surface area contributed by atoms with Crippen LogP contribution >= 0.6 is 0 Å². The summed E-state index contributed by atoms with van der Waals surface area (Å²) in [5.41, 5.74) is 2.53. The van der Waals surface area contributed by atoms with E-state index in [9.17, 15) is 35.1 Å². The first kappa shape index (κ1) is 45.1. The summed E-state index contributed by atoms with van der Waals surface area (Å²) >= 11 is 0. The fourth-order valence-electron chi connectivity index (χ4n) is 5.53. The minimum absolute atomic E-state index is 0.0708. The molecular weight excluding hydrogens is 740 g/mol. The number of nitrogens with two attached hydrogens (primary N) is 2. The lowest BCUT2D eigenvalue weighted by Crippen LogP contribution is -2.74. The molecule has 0 atom stereocenters. The van der Waals surface area contributed by atoms with E-state index in [1.165, 1.54) is 55.4 Å². The van der Waals surface area contributed by atoms with Crippen LogP contribution in [0.4, 0.5) is 81.6 Å². The smallest absolute Gasteiger partial charge is 0.385 e. The lowest BCUT2D eigenvalue weighted by atomic mass is 9.79. The van der Waals surface area contributed by atoms with Crippen molar-refractivity contribution >= 4 is 11.4 Å². The summed E-state index contributed by atoms with van der Waals surface area (Å²) < 4.78 is 241. The number of benzene rings is 2. The van der Waals surface area contributed by atoms with E-state index in [2.05, 4.69) is 0 Å². The van der Waals surface area contributed by atoms with E-state index in [4.69, 9.17) is 11.5 Å². The molecule has 2 nitrogen and oxygen atoms in total. The maximum absolute atomic E-state index is 15.4. The summed E-state index contributed by atoms with van der Waals surface area (Å²) in [4.78, 5) is 0. The molecule has 298 valence electrons. The summed E-state index contributed by atoms with van der Waals surface area (Å²) in [7, 11) is 0. The van der Waals surface area contributed by atoms with Crippen LogP contribution in [0.2, 0.25) is 0 Å². The van der Waals surface area contributed by atoms with Gasteiger partial charge in [0.15, 0.2) is 0 Å². The summed E-state index contributed by atoms with van der Waals surface area (Å²) in [6.07, 6.45) is -0.422. The van der Waals surface area contributed by atoms with Crippen LogP contribution in [0.3, 0.4) is 0 Å². The largest absolute Gasteiger partial charge is 0.398 e. The molecule has 0 aromatic heterocycles. The Kier molecular flexibility index (Phi) is 11.6. The van der Waals surface area contributed by atoms with E-state index in [-0.39, 0.29) is 61.3 Å². The van der Waals surface area contributed by atoms with Crippen molar-refractivity contribution < 1.29 is 70.2 Å². The maximum atomic E-state index is 15.4. The fourth-order valence-corrected chi connectivity index (χ4v) is 5.53. The molecule has 0 spiro atoms. The topological polar surface area (TPSA) is 52.0 Å². The highest BCUT2D eigenvalue weighted by Gasteiger charge is 2.95. The Morgan fingerprint density at radius 3 is 0.846 bits per heavy atom. The lowest BCUT2D eigenvalue weighted by molar-refractivity contribution is -0.456. The third kappa shape index (κ3) is 6.66. The number of anilines is 2. The van der Waals surface area contributed by atoms with Gasteiger partial charge in [-0.25, -0.2) is 0 Å². The van der Waals surface area contributed by atoms with E-state index >= 15 is 35.1 Å². The minimum atomic E-state index is -8.55. The van der Waals surface area contributed by atoms with E-state index in [1.807, 2.05) is 0 Å². The first-order valence-electron chi connectivity index (χ1n) is 15.8. The van der Waals surface area contributed by atoms with Crippen LogP contribution in [0.25, 0.3) is 0 Å². The summed E-state index contributed by atoms with van der Waals surface area (Å²) in [5, 5.41) is 0. The predicted molar refractivity (Wildman–Crippen MR) is 165 cm³/mol. The van der Waals surface area contributed by atoms with Gasteiger partial charge in [-0.2, -0.15) is 70.2 Å². The number of halogens is 16. The average molecular weight is 781 g/mol. The average Bonchev–Trinajstić information content (AvgIpc) is 2.97. The second-order valence-corrected chi connectivity index (χ2v) is 14.8. The molecule has 0 bridgehead atoms. The van der Waals surface area contributed by atoms with Gasteiger partial charge in [-0.15, -0.1) is 0 Å². The molecule has 52 heavy (non-hydrogen) atoms. The van der Waals surface area contributed by atoms with Gasteiger partial charge in [0.05, 0.1) is 0 Å². The molecule has 0 amide bonds. The Morgan fingerprint density at radius 1 is 0.404 bits per heavy atom. The van der Waals surface area contributed by atoms with Crippen molar-refractivity contribution in [2.24, 2.45) is 0 Å². The molecule has 0 saturated carbocycles. The first-order chi connectivity index (χ1) is 22.9. The number of alkyl halides is 16. The van der Waals surface area contributed by atoms with Crippen molar-refractivity contribution in [1.82, 2.24) is 0 Å². The number of hydrogen-bond acceptors (Lipinski definition) is 2. The zero-order valence-electron chi connectivity index (χ0n) is 29.3. The molecule has 0 aliphatic carbocycles. The predicted octanol–water partition coefficient (Wildman–Crippen LogP) is 12.0. The number of nitrogen functional groups attached to an aromatic ring is 2. The van der Waals surface area contributed by atoms with Gasteiger partial charge in [0, 0.05) is 22.5 Å². The van der Waals surface area contributed by atoms with Crippen molar-refractivity contribution in [3.05, 3.63) is 57.6 Å². The summed E-state index contributed by atoms with van der Waals surface area (Å²) in [6, 6.07) is 0.346. The zero-order valence-corrected chi connectivity index (χ0v) is 29.3. The number of aryl methyl sites for hydroxylation is 2. The first-order valence-corrected chi connectivity index (χ1v) is 15.8. The van der Waals surface area contributed by atoms with Crippen LogP contribution in [-0.4, -0.2) is 35.5 Å². The molecule has 0 radical (unpaired) electrons. The monoisotopic (exact) mass is 780 g/mol. The van der Waals surface area contributed by atoms with Crippen molar-refractivity contribution in [3.63, 3.8) is 0 Å². The summed E-state index contributed by atoms with van der Waals surface area (Å²) in [5.74, 6) is -62.5. The van der Waals surface area contributed by atoms with Gasteiger partial charge in [0.1, 0.15) is 0 Å². The molecule has 2 aromatic rings. The highest BCUT2D eigenvalue weighted by Crippen LogP contribution is 2.66. The van der Waals surface area contributed by atoms with Gasteiger partial charge < -0.3 is 11.5 Å².